The lowest BCUT2D eigenvalue weighted by Gasteiger charge is -2.04. The molecule has 0 aromatic rings. The first kappa shape index (κ1) is 16.6. The molecule has 1 unspecified atom stereocenters. The molecule has 0 saturated heterocycles. The molecule has 0 heterocycles. The van der Waals surface area contributed by atoms with Gasteiger partial charge in [0.05, 0.1) is 5.76 Å². The molecule has 1 aliphatic carbocycles. The third kappa shape index (κ3) is 8.30. The van der Waals surface area contributed by atoms with Crippen molar-refractivity contribution in [2.75, 3.05) is 0 Å². The average Bonchev–Trinajstić information content (AvgIpc) is 2.90. The van der Waals surface area contributed by atoms with E-state index in [9.17, 15) is 5.11 Å². The van der Waals surface area contributed by atoms with Crippen LogP contribution in [-0.2, 0) is 0 Å². The van der Waals surface area contributed by atoms with Crippen LogP contribution in [0.1, 0.15) is 64.7 Å². The van der Waals surface area contributed by atoms with Crippen LogP contribution in [0.15, 0.2) is 35.6 Å². The molecule has 2 heteroatoms. The van der Waals surface area contributed by atoms with Gasteiger partial charge < -0.3 is 5.11 Å². The minimum Gasteiger partial charge on any atom is -0.512 e. The molecule has 0 aromatic heterocycles. The molecule has 1 nitrogen and oxygen atoms in total. The van der Waals surface area contributed by atoms with Crippen LogP contribution in [0.2, 0.25) is 0 Å². The fourth-order valence-electron chi connectivity index (χ4n) is 2.31. The van der Waals surface area contributed by atoms with Crippen LogP contribution in [0, 0.1) is 0 Å². The molecule has 1 atom stereocenters. The summed E-state index contributed by atoms with van der Waals surface area (Å²) in [6.45, 7) is 2.22. The maximum absolute atomic E-state index is 9.85. The van der Waals surface area contributed by atoms with Gasteiger partial charge in [0.15, 0.2) is 0 Å². The zero-order chi connectivity index (χ0) is 13.9. The van der Waals surface area contributed by atoms with E-state index in [0.29, 0.717) is 10.6 Å². The van der Waals surface area contributed by atoms with Crippen molar-refractivity contribution in [1.29, 1.82) is 0 Å². The second-order valence-corrected chi connectivity index (χ2v) is 6.98. The second kappa shape index (κ2) is 10.3. The molecule has 0 radical (unpaired) electrons. The largest absolute Gasteiger partial charge is 0.512 e. The van der Waals surface area contributed by atoms with Gasteiger partial charge in [-0.15, -0.1) is 0 Å². The lowest BCUT2D eigenvalue weighted by molar-refractivity contribution is 0.377. The predicted molar refractivity (Wildman–Crippen MR) is 87.9 cm³/mol. The first-order valence-electron chi connectivity index (χ1n) is 7.61. The Bertz CT molecular complexity index is 312. The summed E-state index contributed by atoms with van der Waals surface area (Å²) in [6, 6.07) is 0. The zero-order valence-electron chi connectivity index (χ0n) is 12.1. The Kier molecular flexibility index (Phi) is 8.98. The second-order valence-electron chi connectivity index (χ2n) is 5.41. The van der Waals surface area contributed by atoms with Gasteiger partial charge in [-0.3, -0.25) is 0 Å². The molecule has 19 heavy (non-hydrogen) atoms. The maximum Gasteiger partial charge on any atom is 0.0994 e. The molecule has 0 spiro atoms. The maximum atomic E-state index is 9.85. The Morgan fingerprint density at radius 2 is 1.53 bits per heavy atom. The summed E-state index contributed by atoms with van der Waals surface area (Å²) >= 11 is 3.58. The summed E-state index contributed by atoms with van der Waals surface area (Å²) in [4.78, 5) is 0.669. The third-order valence-electron chi connectivity index (χ3n) is 3.51. The molecule has 1 N–H and O–H groups in total. The molecular formula is C17H27BrO. The Morgan fingerprint density at radius 1 is 1.00 bits per heavy atom. The van der Waals surface area contributed by atoms with E-state index in [-0.39, 0.29) is 0 Å². The molecule has 0 bridgehead atoms. The summed E-state index contributed by atoms with van der Waals surface area (Å²) in [6.07, 6.45) is 19.1. The lowest BCUT2D eigenvalue weighted by Crippen LogP contribution is -1.90. The van der Waals surface area contributed by atoms with Crippen LogP contribution >= 0.6 is 15.9 Å². The molecule has 1 aliphatic rings. The Morgan fingerprint density at radius 3 is 2.11 bits per heavy atom. The van der Waals surface area contributed by atoms with Gasteiger partial charge in [-0.2, -0.15) is 0 Å². The highest BCUT2D eigenvalue weighted by Crippen LogP contribution is 2.18. The van der Waals surface area contributed by atoms with E-state index in [4.69, 9.17) is 0 Å². The summed E-state index contributed by atoms with van der Waals surface area (Å²) < 4.78 is 0. The Labute approximate surface area is 126 Å². The predicted octanol–water partition coefficient (Wildman–Crippen LogP) is 6.22. The fourth-order valence-corrected chi connectivity index (χ4v) is 2.64. The number of aliphatic hydroxyl groups excluding tert-OH is 1. The van der Waals surface area contributed by atoms with Gasteiger partial charge in [0.2, 0.25) is 0 Å². The van der Waals surface area contributed by atoms with E-state index in [0.717, 1.165) is 18.4 Å². The third-order valence-corrected chi connectivity index (χ3v) is 3.97. The molecule has 0 aromatic carbocycles. The number of unbranched alkanes of at least 4 members (excludes halogenated alkanes) is 6. The number of halogens is 1. The number of alkyl halides is 1. The molecular weight excluding hydrogens is 300 g/mol. The monoisotopic (exact) mass is 326 g/mol. The molecule has 0 saturated carbocycles. The van der Waals surface area contributed by atoms with Crippen LogP contribution < -0.4 is 0 Å². The average molecular weight is 327 g/mol. The molecule has 108 valence electrons. The molecule has 0 aliphatic heterocycles. The number of rotatable bonds is 10. The van der Waals surface area contributed by atoms with Crippen molar-refractivity contribution in [2.45, 2.75) is 69.5 Å². The molecule has 0 amide bonds. The van der Waals surface area contributed by atoms with Gasteiger partial charge in [-0.25, -0.2) is 0 Å². The van der Waals surface area contributed by atoms with E-state index >= 15 is 0 Å². The van der Waals surface area contributed by atoms with Crippen LogP contribution in [-0.4, -0.2) is 9.93 Å². The zero-order valence-corrected chi connectivity index (χ0v) is 13.7. The van der Waals surface area contributed by atoms with Crippen molar-refractivity contribution in [1.82, 2.24) is 0 Å². The lowest BCUT2D eigenvalue weighted by atomic mass is 10.1. The minimum atomic E-state index is 0.552. The van der Waals surface area contributed by atoms with Crippen molar-refractivity contribution in [2.24, 2.45) is 0 Å². The Hall–Kier alpha value is -0.500. The highest BCUT2D eigenvalue weighted by molar-refractivity contribution is 9.09. The summed E-state index contributed by atoms with van der Waals surface area (Å²) in [7, 11) is 0. The SMILES string of the molecule is CC(Br)CCCCCCCCCC(O)=C1C=CC=C1. The smallest absolute Gasteiger partial charge is 0.0994 e. The van der Waals surface area contributed by atoms with Crippen molar-refractivity contribution >= 4 is 15.9 Å². The van der Waals surface area contributed by atoms with Gasteiger partial charge in [0.25, 0.3) is 0 Å². The molecule has 0 fully saturated rings. The first-order valence-corrected chi connectivity index (χ1v) is 8.52. The number of hydrogen-bond acceptors (Lipinski definition) is 1. The summed E-state index contributed by atoms with van der Waals surface area (Å²) in [5, 5.41) is 9.85. The minimum absolute atomic E-state index is 0.552. The van der Waals surface area contributed by atoms with Crippen LogP contribution in [0.4, 0.5) is 0 Å². The van der Waals surface area contributed by atoms with Gasteiger partial charge in [0, 0.05) is 16.8 Å². The van der Waals surface area contributed by atoms with Gasteiger partial charge in [-0.05, 0) is 12.8 Å². The van der Waals surface area contributed by atoms with Crippen molar-refractivity contribution in [3.63, 3.8) is 0 Å². The van der Waals surface area contributed by atoms with Crippen molar-refractivity contribution in [3.8, 4) is 0 Å². The normalized spacial score (nSPS) is 15.2. The summed E-state index contributed by atoms with van der Waals surface area (Å²) in [5.41, 5.74) is 0.990. The number of hydrogen-bond donors (Lipinski definition) is 1. The number of allylic oxidation sites excluding steroid dienone is 6. The number of aliphatic hydroxyl groups is 1. The van der Waals surface area contributed by atoms with Gasteiger partial charge in [0.1, 0.15) is 0 Å². The highest BCUT2D eigenvalue weighted by Gasteiger charge is 2.02. The van der Waals surface area contributed by atoms with Gasteiger partial charge in [-0.1, -0.05) is 85.7 Å². The standard InChI is InChI=1S/C17H27BrO/c1-15(18)11-7-5-3-2-4-6-8-14-17(19)16-12-9-10-13-16/h9-10,12-13,15,19H,2-8,11,14H2,1H3. The van der Waals surface area contributed by atoms with Crippen LogP contribution in [0.5, 0.6) is 0 Å². The van der Waals surface area contributed by atoms with Gasteiger partial charge >= 0.3 is 0 Å². The molecule has 1 rings (SSSR count). The summed E-state index contributed by atoms with van der Waals surface area (Å²) in [5.74, 6) is 0.552. The van der Waals surface area contributed by atoms with E-state index in [1.807, 2.05) is 24.3 Å². The van der Waals surface area contributed by atoms with Crippen LogP contribution in [0.3, 0.4) is 0 Å². The van der Waals surface area contributed by atoms with Crippen molar-refractivity contribution < 1.29 is 5.11 Å². The van der Waals surface area contributed by atoms with Crippen LogP contribution in [0.25, 0.3) is 0 Å². The van der Waals surface area contributed by atoms with Crippen molar-refractivity contribution in [3.05, 3.63) is 35.6 Å². The topological polar surface area (TPSA) is 20.2 Å². The van der Waals surface area contributed by atoms with E-state index in [2.05, 4.69) is 22.9 Å². The quantitative estimate of drug-likeness (QED) is 0.287. The van der Waals surface area contributed by atoms with E-state index in [1.165, 1.54) is 44.9 Å². The van der Waals surface area contributed by atoms with E-state index in [1.54, 1.807) is 0 Å². The first-order chi connectivity index (χ1) is 9.20. The highest BCUT2D eigenvalue weighted by atomic mass is 79.9. The fraction of sp³-hybridized carbons (Fsp3) is 0.647. The van der Waals surface area contributed by atoms with E-state index < -0.39 is 0 Å². The Balaban J connectivity index is 1.90.